The summed E-state index contributed by atoms with van der Waals surface area (Å²) in [5, 5.41) is 3.99. The van der Waals surface area contributed by atoms with Gasteiger partial charge in [-0.25, -0.2) is 9.97 Å². The van der Waals surface area contributed by atoms with Crippen LogP contribution < -0.4 is 5.32 Å². The van der Waals surface area contributed by atoms with Gasteiger partial charge in [0.25, 0.3) is 0 Å². The number of alkyl halides is 3. The van der Waals surface area contributed by atoms with Crippen LogP contribution in [0.1, 0.15) is 5.56 Å². The summed E-state index contributed by atoms with van der Waals surface area (Å²) >= 11 is 0. The van der Waals surface area contributed by atoms with Crippen LogP contribution in [-0.2, 0) is 6.18 Å². The predicted molar refractivity (Wildman–Crippen MR) is 97.5 cm³/mol. The molecule has 0 saturated carbocycles. The number of nitrogens with zero attached hydrogens (tertiary/aromatic N) is 3. The maximum Gasteiger partial charge on any atom is 0.416 e. The third-order valence-corrected chi connectivity index (χ3v) is 4.05. The zero-order valence-electron chi connectivity index (χ0n) is 13.9. The highest BCUT2D eigenvalue weighted by Gasteiger charge is 2.29. The van der Waals surface area contributed by atoms with Crippen LogP contribution in [0.4, 0.5) is 24.7 Å². The first-order chi connectivity index (χ1) is 13.0. The Kier molecular flexibility index (Phi) is 4.19. The van der Waals surface area contributed by atoms with E-state index in [-0.39, 0.29) is 0 Å². The van der Waals surface area contributed by atoms with Gasteiger partial charge in [-0.3, -0.25) is 4.98 Å². The summed E-state index contributed by atoms with van der Waals surface area (Å²) < 4.78 is 38.0. The summed E-state index contributed by atoms with van der Waals surface area (Å²) in [6, 6.07) is 16.2. The Morgan fingerprint density at radius 1 is 0.815 bits per heavy atom. The molecule has 2 aromatic carbocycles. The summed E-state index contributed by atoms with van der Waals surface area (Å²) in [5.74, 6) is 0.492. The Morgan fingerprint density at radius 3 is 2.41 bits per heavy atom. The number of rotatable bonds is 3. The molecule has 0 spiro atoms. The zero-order chi connectivity index (χ0) is 18.9. The molecule has 0 aliphatic rings. The first-order valence-corrected chi connectivity index (χ1v) is 8.10. The number of pyridine rings is 1. The minimum Gasteiger partial charge on any atom is -0.340 e. The molecule has 0 unspecified atom stereocenters. The fraction of sp³-hybridized carbons (Fsp3) is 0.0500. The second-order valence-electron chi connectivity index (χ2n) is 5.90. The average molecular weight is 366 g/mol. The van der Waals surface area contributed by atoms with E-state index in [2.05, 4.69) is 20.3 Å². The number of halogens is 3. The third-order valence-electron chi connectivity index (χ3n) is 4.05. The molecule has 2 aromatic heterocycles. The molecular formula is C20H13F3N4. The molecule has 1 N–H and O–H groups in total. The van der Waals surface area contributed by atoms with Crippen molar-refractivity contribution >= 4 is 22.4 Å². The molecular weight excluding hydrogens is 353 g/mol. The Bertz CT molecular complexity index is 1090. The summed E-state index contributed by atoms with van der Waals surface area (Å²) in [6.45, 7) is 0. The molecule has 4 rings (SSSR count). The van der Waals surface area contributed by atoms with Crippen LogP contribution in [0.3, 0.4) is 0 Å². The lowest BCUT2D eigenvalue weighted by molar-refractivity contribution is -0.137. The van der Waals surface area contributed by atoms with Crippen molar-refractivity contribution in [2.24, 2.45) is 0 Å². The first kappa shape index (κ1) is 17.0. The van der Waals surface area contributed by atoms with Crippen molar-refractivity contribution in [1.29, 1.82) is 0 Å². The lowest BCUT2D eigenvalue weighted by Crippen LogP contribution is -2.04. The van der Waals surface area contributed by atoms with E-state index in [4.69, 9.17) is 0 Å². The molecule has 0 fully saturated rings. The highest BCUT2D eigenvalue weighted by atomic mass is 19.4. The van der Waals surface area contributed by atoms with E-state index in [0.717, 1.165) is 28.6 Å². The van der Waals surface area contributed by atoms with E-state index in [1.807, 2.05) is 30.3 Å². The van der Waals surface area contributed by atoms with Gasteiger partial charge >= 0.3 is 6.18 Å². The van der Waals surface area contributed by atoms with Crippen LogP contribution in [-0.4, -0.2) is 15.0 Å². The van der Waals surface area contributed by atoms with Gasteiger partial charge in [0.05, 0.1) is 16.8 Å². The van der Waals surface area contributed by atoms with Gasteiger partial charge in [0.1, 0.15) is 12.1 Å². The van der Waals surface area contributed by atoms with E-state index in [9.17, 15) is 13.2 Å². The number of hydrogen-bond acceptors (Lipinski definition) is 4. The van der Waals surface area contributed by atoms with Crippen molar-refractivity contribution in [3.63, 3.8) is 0 Å². The lowest BCUT2D eigenvalue weighted by atomic mass is 10.1. The molecule has 2 heterocycles. The zero-order valence-corrected chi connectivity index (χ0v) is 13.9. The molecule has 0 aliphatic heterocycles. The molecule has 27 heavy (non-hydrogen) atoms. The van der Waals surface area contributed by atoms with Crippen LogP contribution in [0.15, 0.2) is 73.2 Å². The SMILES string of the molecule is FC(F)(F)c1ccc(Nc2cc(-c3ccc4ncccc4c3)ncn2)cc1. The molecule has 4 aromatic rings. The average Bonchev–Trinajstić information content (AvgIpc) is 2.67. The highest BCUT2D eigenvalue weighted by molar-refractivity contribution is 5.83. The smallest absolute Gasteiger partial charge is 0.340 e. The number of anilines is 2. The van der Waals surface area contributed by atoms with E-state index in [0.29, 0.717) is 17.2 Å². The summed E-state index contributed by atoms with van der Waals surface area (Å²) in [6.07, 6.45) is -1.21. The van der Waals surface area contributed by atoms with Crippen molar-refractivity contribution in [3.8, 4) is 11.3 Å². The Labute approximate surface area is 152 Å². The minimum absolute atomic E-state index is 0.492. The topological polar surface area (TPSA) is 50.7 Å². The molecule has 0 aliphatic carbocycles. The van der Waals surface area contributed by atoms with Gasteiger partial charge in [-0.15, -0.1) is 0 Å². The van der Waals surface area contributed by atoms with Crippen molar-refractivity contribution in [2.75, 3.05) is 5.32 Å². The molecule has 0 radical (unpaired) electrons. The van der Waals surface area contributed by atoms with Crippen LogP contribution in [0.5, 0.6) is 0 Å². The van der Waals surface area contributed by atoms with Gasteiger partial charge in [0.2, 0.25) is 0 Å². The maximum atomic E-state index is 12.7. The quantitative estimate of drug-likeness (QED) is 0.523. The number of aromatic nitrogens is 3. The number of fused-ring (bicyclic) bond motifs is 1. The van der Waals surface area contributed by atoms with E-state index in [1.54, 1.807) is 12.3 Å². The minimum atomic E-state index is -4.36. The van der Waals surface area contributed by atoms with E-state index < -0.39 is 11.7 Å². The fourth-order valence-electron chi connectivity index (χ4n) is 2.71. The van der Waals surface area contributed by atoms with Crippen molar-refractivity contribution in [3.05, 3.63) is 78.8 Å². The number of hydrogen-bond donors (Lipinski definition) is 1. The van der Waals surface area contributed by atoms with Gasteiger partial charge in [-0.2, -0.15) is 13.2 Å². The summed E-state index contributed by atoms with van der Waals surface area (Å²) in [5.41, 5.74) is 2.30. The molecule has 0 atom stereocenters. The standard InChI is InChI=1S/C20H13F3N4/c21-20(22,23)15-4-6-16(7-5-15)27-19-11-18(25-12-26-19)14-3-8-17-13(10-14)2-1-9-24-17/h1-12H,(H,25,26,27). The van der Waals surface area contributed by atoms with E-state index in [1.165, 1.54) is 18.5 Å². The van der Waals surface area contributed by atoms with Gasteiger partial charge < -0.3 is 5.32 Å². The predicted octanol–water partition coefficient (Wildman–Crippen LogP) is 5.45. The van der Waals surface area contributed by atoms with Crippen LogP contribution in [0, 0.1) is 0 Å². The van der Waals surface area contributed by atoms with Gasteiger partial charge in [0, 0.05) is 28.9 Å². The Balaban J connectivity index is 1.60. The molecule has 7 heteroatoms. The number of nitrogens with one attached hydrogen (secondary N) is 1. The summed E-state index contributed by atoms with van der Waals surface area (Å²) in [4.78, 5) is 12.7. The van der Waals surface area contributed by atoms with Gasteiger partial charge in [0.15, 0.2) is 0 Å². The van der Waals surface area contributed by atoms with Crippen LogP contribution >= 0.6 is 0 Å². The largest absolute Gasteiger partial charge is 0.416 e. The fourth-order valence-corrected chi connectivity index (χ4v) is 2.71. The maximum absolute atomic E-state index is 12.7. The molecule has 0 bridgehead atoms. The Hall–Kier alpha value is -3.48. The molecule has 0 amide bonds. The molecule has 0 saturated heterocycles. The third kappa shape index (κ3) is 3.72. The van der Waals surface area contributed by atoms with Crippen molar-refractivity contribution in [2.45, 2.75) is 6.18 Å². The number of benzene rings is 2. The normalized spacial score (nSPS) is 11.5. The van der Waals surface area contributed by atoms with Crippen LogP contribution in [0.2, 0.25) is 0 Å². The van der Waals surface area contributed by atoms with Crippen molar-refractivity contribution < 1.29 is 13.2 Å². The van der Waals surface area contributed by atoms with E-state index >= 15 is 0 Å². The van der Waals surface area contributed by atoms with Crippen molar-refractivity contribution in [1.82, 2.24) is 15.0 Å². The van der Waals surface area contributed by atoms with Gasteiger partial charge in [-0.05, 0) is 42.5 Å². The molecule has 4 nitrogen and oxygen atoms in total. The first-order valence-electron chi connectivity index (χ1n) is 8.10. The lowest BCUT2D eigenvalue weighted by Gasteiger charge is -2.10. The van der Waals surface area contributed by atoms with Crippen LogP contribution in [0.25, 0.3) is 22.2 Å². The second-order valence-corrected chi connectivity index (χ2v) is 5.90. The summed E-state index contributed by atoms with van der Waals surface area (Å²) in [7, 11) is 0. The van der Waals surface area contributed by atoms with Gasteiger partial charge in [-0.1, -0.05) is 12.1 Å². The Morgan fingerprint density at radius 2 is 1.63 bits per heavy atom. The highest BCUT2D eigenvalue weighted by Crippen LogP contribution is 2.30. The molecule has 134 valence electrons. The monoisotopic (exact) mass is 366 g/mol. The second kappa shape index (κ2) is 6.68.